The highest BCUT2D eigenvalue weighted by Crippen LogP contribution is 2.18. The first-order valence-corrected chi connectivity index (χ1v) is 11.7. The molecule has 0 fully saturated rings. The van der Waals surface area contributed by atoms with Crippen molar-refractivity contribution >= 4 is 5.97 Å². The van der Waals surface area contributed by atoms with Crippen LogP contribution in [0.3, 0.4) is 0 Å². The van der Waals surface area contributed by atoms with Crippen LogP contribution in [-0.4, -0.2) is 12.6 Å². The highest BCUT2D eigenvalue weighted by atomic mass is 19.2. The topological polar surface area (TPSA) is 35.5 Å². The predicted molar refractivity (Wildman–Crippen MR) is 129 cm³/mol. The van der Waals surface area contributed by atoms with Crippen LogP contribution < -0.4 is 9.47 Å². The molecule has 3 aromatic rings. The molecule has 0 saturated carbocycles. The van der Waals surface area contributed by atoms with E-state index in [1.165, 1.54) is 44.2 Å². The Morgan fingerprint density at radius 3 is 1.83 bits per heavy atom. The summed E-state index contributed by atoms with van der Waals surface area (Å²) in [5.74, 6) is 1.50. The Morgan fingerprint density at radius 2 is 1.26 bits per heavy atom. The van der Waals surface area contributed by atoms with Crippen LogP contribution in [-0.2, 0) is 0 Å². The maximum Gasteiger partial charge on any atom is 0.343 e. The molecule has 6 heteroatoms. The number of carbonyl (C=O) groups is 1. The van der Waals surface area contributed by atoms with E-state index >= 15 is 0 Å². The summed E-state index contributed by atoms with van der Waals surface area (Å²) in [6, 6.07) is 15.1. The molecule has 0 aliphatic carbocycles. The molecule has 35 heavy (non-hydrogen) atoms. The standard InChI is InChI=1S/C29H27F3O3/c1-2-3-4-5-6-7-18-34-24-14-10-21(11-15-24)8-9-22-12-16-25(17-13-22)35-29(33)23-19-26(30)28(32)27(31)20-23/h10-17,19-20H,2-7,18H2,1H3. The summed E-state index contributed by atoms with van der Waals surface area (Å²) in [6.07, 6.45) is 7.32. The zero-order chi connectivity index (χ0) is 25.0. The largest absolute Gasteiger partial charge is 0.494 e. The van der Waals surface area contributed by atoms with Gasteiger partial charge >= 0.3 is 5.97 Å². The Bertz CT molecular complexity index is 1150. The average Bonchev–Trinajstić information content (AvgIpc) is 2.86. The van der Waals surface area contributed by atoms with Gasteiger partial charge in [-0.15, -0.1) is 0 Å². The van der Waals surface area contributed by atoms with E-state index in [4.69, 9.17) is 9.47 Å². The minimum Gasteiger partial charge on any atom is -0.494 e. The van der Waals surface area contributed by atoms with Gasteiger partial charge in [0.15, 0.2) is 17.5 Å². The lowest BCUT2D eigenvalue weighted by Gasteiger charge is -2.06. The number of rotatable bonds is 10. The van der Waals surface area contributed by atoms with E-state index in [1.54, 1.807) is 12.1 Å². The van der Waals surface area contributed by atoms with Crippen molar-refractivity contribution in [3.8, 4) is 23.3 Å². The number of unbranched alkanes of at least 4 members (excludes halogenated alkanes) is 5. The van der Waals surface area contributed by atoms with E-state index in [2.05, 4.69) is 18.8 Å². The van der Waals surface area contributed by atoms with Gasteiger partial charge in [-0.1, -0.05) is 50.9 Å². The lowest BCUT2D eigenvalue weighted by molar-refractivity contribution is 0.0733. The van der Waals surface area contributed by atoms with Crippen molar-refractivity contribution in [1.29, 1.82) is 0 Å². The Morgan fingerprint density at radius 1 is 0.743 bits per heavy atom. The summed E-state index contributed by atoms with van der Waals surface area (Å²) in [5.41, 5.74) is 1.09. The van der Waals surface area contributed by atoms with E-state index in [9.17, 15) is 18.0 Å². The molecule has 3 aromatic carbocycles. The molecule has 0 aliphatic rings. The van der Waals surface area contributed by atoms with E-state index in [0.29, 0.717) is 24.3 Å². The van der Waals surface area contributed by atoms with Gasteiger partial charge in [-0.2, -0.15) is 0 Å². The number of esters is 1. The van der Waals surface area contributed by atoms with Crippen molar-refractivity contribution in [1.82, 2.24) is 0 Å². The lowest BCUT2D eigenvalue weighted by Crippen LogP contribution is -2.10. The molecule has 0 radical (unpaired) electrons. The minimum atomic E-state index is -1.64. The summed E-state index contributed by atoms with van der Waals surface area (Å²) in [6.45, 7) is 2.92. The molecule has 3 rings (SSSR count). The fourth-order valence-electron chi connectivity index (χ4n) is 3.30. The third kappa shape index (κ3) is 8.22. The summed E-state index contributed by atoms with van der Waals surface area (Å²) in [4.78, 5) is 12.1. The maximum absolute atomic E-state index is 13.3. The van der Waals surface area contributed by atoms with Gasteiger partial charge in [0.1, 0.15) is 11.5 Å². The second kappa shape index (κ2) is 13.2. The van der Waals surface area contributed by atoms with Gasteiger partial charge in [0.2, 0.25) is 0 Å². The van der Waals surface area contributed by atoms with Crippen LogP contribution in [0.15, 0.2) is 60.7 Å². The SMILES string of the molecule is CCCCCCCCOc1ccc(C#Cc2ccc(OC(=O)c3cc(F)c(F)c(F)c3)cc2)cc1. The Labute approximate surface area is 203 Å². The summed E-state index contributed by atoms with van der Waals surface area (Å²) in [7, 11) is 0. The summed E-state index contributed by atoms with van der Waals surface area (Å²) in [5, 5.41) is 0. The molecule has 0 amide bonds. The number of benzene rings is 3. The van der Waals surface area contributed by atoms with E-state index in [1.807, 2.05) is 24.3 Å². The molecule has 0 N–H and O–H groups in total. The minimum absolute atomic E-state index is 0.164. The first-order chi connectivity index (χ1) is 17.0. The van der Waals surface area contributed by atoms with Gasteiger partial charge in [0.25, 0.3) is 0 Å². The molecular formula is C29H27F3O3. The first-order valence-electron chi connectivity index (χ1n) is 11.7. The van der Waals surface area contributed by atoms with E-state index < -0.39 is 29.0 Å². The molecule has 0 heterocycles. The van der Waals surface area contributed by atoms with Crippen LogP contribution in [0.5, 0.6) is 11.5 Å². The number of hydrogen-bond donors (Lipinski definition) is 0. The van der Waals surface area contributed by atoms with Gasteiger partial charge in [-0.3, -0.25) is 0 Å². The molecule has 182 valence electrons. The number of carbonyl (C=O) groups excluding carboxylic acids is 1. The van der Waals surface area contributed by atoms with Gasteiger partial charge in [0, 0.05) is 11.1 Å². The quantitative estimate of drug-likeness (QED) is 0.0993. The van der Waals surface area contributed by atoms with Crippen molar-refractivity contribution in [3.05, 3.63) is 94.8 Å². The summed E-state index contributed by atoms with van der Waals surface area (Å²) >= 11 is 0. The molecule has 0 aromatic heterocycles. The molecule has 0 spiro atoms. The van der Waals surface area contributed by atoms with Crippen LogP contribution >= 0.6 is 0 Å². The van der Waals surface area contributed by atoms with Crippen LogP contribution in [0.4, 0.5) is 13.2 Å². The smallest absolute Gasteiger partial charge is 0.343 e. The molecule has 0 aliphatic heterocycles. The maximum atomic E-state index is 13.3. The Kier molecular flexibility index (Phi) is 9.80. The zero-order valence-electron chi connectivity index (χ0n) is 19.6. The Balaban J connectivity index is 1.49. The highest BCUT2D eigenvalue weighted by Gasteiger charge is 2.16. The fraction of sp³-hybridized carbons (Fsp3) is 0.276. The second-order valence-electron chi connectivity index (χ2n) is 8.06. The van der Waals surface area contributed by atoms with Crippen LogP contribution in [0.2, 0.25) is 0 Å². The van der Waals surface area contributed by atoms with Crippen LogP contribution in [0.1, 0.15) is 66.9 Å². The molecule has 0 saturated heterocycles. The number of halogens is 3. The molecule has 0 bridgehead atoms. The van der Waals surface area contributed by atoms with Crippen molar-refractivity contribution in [2.24, 2.45) is 0 Å². The monoisotopic (exact) mass is 480 g/mol. The molecule has 0 atom stereocenters. The van der Waals surface area contributed by atoms with Crippen molar-refractivity contribution in [2.45, 2.75) is 45.4 Å². The average molecular weight is 481 g/mol. The third-order valence-electron chi connectivity index (χ3n) is 5.26. The lowest BCUT2D eigenvalue weighted by atomic mass is 10.1. The predicted octanol–water partition coefficient (Wildman–Crippen LogP) is 7.46. The molecule has 3 nitrogen and oxygen atoms in total. The molecular weight excluding hydrogens is 453 g/mol. The van der Waals surface area contributed by atoms with E-state index in [-0.39, 0.29) is 5.75 Å². The normalized spacial score (nSPS) is 10.4. The van der Waals surface area contributed by atoms with Crippen molar-refractivity contribution in [2.75, 3.05) is 6.61 Å². The van der Waals surface area contributed by atoms with Crippen molar-refractivity contribution in [3.63, 3.8) is 0 Å². The van der Waals surface area contributed by atoms with Crippen molar-refractivity contribution < 1.29 is 27.4 Å². The molecule has 0 unspecified atom stereocenters. The van der Waals surface area contributed by atoms with Crippen LogP contribution in [0, 0.1) is 29.3 Å². The van der Waals surface area contributed by atoms with Gasteiger partial charge in [-0.25, -0.2) is 18.0 Å². The fourth-order valence-corrected chi connectivity index (χ4v) is 3.30. The summed E-state index contributed by atoms with van der Waals surface area (Å²) < 4.78 is 50.5. The van der Waals surface area contributed by atoms with Crippen LogP contribution in [0.25, 0.3) is 0 Å². The highest BCUT2D eigenvalue weighted by molar-refractivity contribution is 5.91. The Hall–Kier alpha value is -3.72. The second-order valence-corrected chi connectivity index (χ2v) is 8.06. The van der Waals surface area contributed by atoms with E-state index in [0.717, 1.165) is 17.7 Å². The number of hydrogen-bond acceptors (Lipinski definition) is 3. The van der Waals surface area contributed by atoms with Gasteiger partial charge < -0.3 is 9.47 Å². The van der Waals surface area contributed by atoms with Gasteiger partial charge in [0.05, 0.1) is 12.2 Å². The first kappa shape index (κ1) is 25.9. The van der Waals surface area contributed by atoms with Gasteiger partial charge in [-0.05, 0) is 67.1 Å². The third-order valence-corrected chi connectivity index (χ3v) is 5.26. The number of ether oxygens (including phenoxy) is 2. The zero-order valence-corrected chi connectivity index (χ0v) is 19.6.